The van der Waals surface area contributed by atoms with Gasteiger partial charge in [0.05, 0.1) is 13.7 Å². The fraction of sp³-hybridized carbons (Fsp3) is 0.500. The van der Waals surface area contributed by atoms with Gasteiger partial charge in [-0.2, -0.15) is 0 Å². The molecule has 0 saturated carbocycles. The number of ether oxygens (including phenoxy) is 1. The van der Waals surface area contributed by atoms with Gasteiger partial charge in [0.25, 0.3) is 0 Å². The van der Waals surface area contributed by atoms with Crippen LogP contribution in [0.1, 0.15) is 31.1 Å². The van der Waals surface area contributed by atoms with Crippen LogP contribution in [0, 0.1) is 5.92 Å². The topological polar surface area (TPSA) is 27.7 Å². The summed E-state index contributed by atoms with van der Waals surface area (Å²) in [4.78, 5) is 6.23. The number of hydrogen-bond donors (Lipinski definition) is 1. The van der Waals surface area contributed by atoms with E-state index in [1.54, 1.807) is 18.4 Å². The Kier molecular flexibility index (Phi) is 8.13. The lowest BCUT2D eigenvalue weighted by atomic mass is 10.0. The van der Waals surface area contributed by atoms with Gasteiger partial charge in [0.15, 0.2) is 5.11 Å². The molecule has 0 aliphatic carbocycles. The number of thiocarbonyl (C=S) groups is 1. The van der Waals surface area contributed by atoms with E-state index in [1.807, 2.05) is 24.3 Å². The van der Waals surface area contributed by atoms with Crippen molar-refractivity contribution in [2.75, 3.05) is 38.6 Å². The van der Waals surface area contributed by atoms with Gasteiger partial charge in [0, 0.05) is 29.7 Å². The average molecular weight is 418 g/mol. The van der Waals surface area contributed by atoms with Crippen molar-refractivity contribution in [2.24, 2.45) is 5.92 Å². The van der Waals surface area contributed by atoms with E-state index >= 15 is 0 Å². The van der Waals surface area contributed by atoms with E-state index in [0.29, 0.717) is 0 Å². The van der Waals surface area contributed by atoms with Crippen LogP contribution in [0.25, 0.3) is 0 Å². The van der Waals surface area contributed by atoms with Crippen LogP contribution >= 0.6 is 23.6 Å². The van der Waals surface area contributed by atoms with E-state index in [2.05, 4.69) is 39.6 Å². The maximum absolute atomic E-state index is 5.76. The normalized spacial score (nSPS) is 17.3. The zero-order chi connectivity index (χ0) is 19.8. The monoisotopic (exact) mass is 417 g/mol. The number of benzene rings is 1. The van der Waals surface area contributed by atoms with Gasteiger partial charge in [-0.25, -0.2) is 0 Å². The maximum Gasteiger partial charge on any atom is 0.173 e. The molecular weight excluding hydrogens is 386 g/mol. The molecule has 1 saturated heterocycles. The Labute approximate surface area is 178 Å². The summed E-state index contributed by atoms with van der Waals surface area (Å²) in [6.07, 6.45) is 3.82. The van der Waals surface area contributed by atoms with Crippen LogP contribution in [-0.4, -0.2) is 48.2 Å². The highest BCUT2D eigenvalue weighted by molar-refractivity contribution is 7.80. The number of likely N-dealkylation sites (tertiary alicyclic amines) is 1. The van der Waals surface area contributed by atoms with Crippen molar-refractivity contribution in [3.63, 3.8) is 0 Å². The lowest BCUT2D eigenvalue weighted by Gasteiger charge is -2.32. The van der Waals surface area contributed by atoms with Gasteiger partial charge in [-0.1, -0.05) is 19.1 Å². The van der Waals surface area contributed by atoms with E-state index in [-0.39, 0.29) is 0 Å². The second-order valence-corrected chi connectivity index (χ2v) is 8.98. The predicted molar refractivity (Wildman–Crippen MR) is 123 cm³/mol. The standard InChI is InChI=1S/C22H31N3OS2/c1-18-7-4-11-24(16-18)12-6-13-25(17-21-10-5-14-28-21)22(27)23-19-8-3-9-20(15-19)26-2/h3,5,8-10,14-15,18H,4,6-7,11-13,16-17H2,1-2H3,(H,23,27)/t18-/m1/s1. The number of piperidine rings is 1. The quantitative estimate of drug-likeness (QED) is 0.605. The predicted octanol–water partition coefficient (Wildman–Crippen LogP) is 5.08. The third-order valence-electron chi connectivity index (χ3n) is 5.18. The lowest BCUT2D eigenvalue weighted by Crippen LogP contribution is -2.39. The van der Waals surface area contributed by atoms with E-state index in [1.165, 1.54) is 30.8 Å². The molecule has 3 rings (SSSR count). The number of methoxy groups -OCH3 is 1. The minimum atomic E-state index is 0.772. The number of thiophene rings is 1. The highest BCUT2D eigenvalue weighted by Crippen LogP contribution is 2.19. The summed E-state index contributed by atoms with van der Waals surface area (Å²) in [5.74, 6) is 1.66. The molecule has 1 fully saturated rings. The van der Waals surface area contributed by atoms with E-state index < -0.39 is 0 Å². The van der Waals surface area contributed by atoms with Crippen LogP contribution in [0.3, 0.4) is 0 Å². The molecule has 152 valence electrons. The third kappa shape index (κ3) is 6.47. The maximum atomic E-state index is 5.76. The summed E-state index contributed by atoms with van der Waals surface area (Å²) >= 11 is 7.55. The molecule has 0 radical (unpaired) electrons. The number of rotatable bonds is 8. The second-order valence-electron chi connectivity index (χ2n) is 7.56. The van der Waals surface area contributed by atoms with Crippen molar-refractivity contribution < 1.29 is 4.74 Å². The van der Waals surface area contributed by atoms with Gasteiger partial charge in [-0.15, -0.1) is 11.3 Å². The molecule has 2 heterocycles. The minimum absolute atomic E-state index is 0.772. The molecule has 1 N–H and O–H groups in total. The van der Waals surface area contributed by atoms with Gasteiger partial charge in [-0.05, 0) is 74.1 Å². The Morgan fingerprint density at radius 3 is 3.00 bits per heavy atom. The van der Waals surface area contributed by atoms with Gasteiger partial charge < -0.3 is 19.9 Å². The smallest absolute Gasteiger partial charge is 0.173 e. The summed E-state index contributed by atoms with van der Waals surface area (Å²) in [5, 5.41) is 6.29. The summed E-state index contributed by atoms with van der Waals surface area (Å²) in [5.41, 5.74) is 0.963. The SMILES string of the molecule is COc1cccc(NC(=S)N(CCCN2CCC[C@@H](C)C2)Cc2cccs2)c1. The van der Waals surface area contributed by atoms with Crippen molar-refractivity contribution >= 4 is 34.4 Å². The molecule has 0 spiro atoms. The van der Waals surface area contributed by atoms with Crippen LogP contribution in [-0.2, 0) is 6.54 Å². The van der Waals surface area contributed by atoms with Crippen molar-refractivity contribution in [1.82, 2.24) is 9.80 Å². The number of nitrogens with one attached hydrogen (secondary N) is 1. The molecule has 28 heavy (non-hydrogen) atoms. The van der Waals surface area contributed by atoms with Crippen molar-refractivity contribution in [1.29, 1.82) is 0 Å². The Hall–Kier alpha value is -1.63. The van der Waals surface area contributed by atoms with Crippen LogP contribution in [0.4, 0.5) is 5.69 Å². The highest BCUT2D eigenvalue weighted by Gasteiger charge is 2.17. The summed E-state index contributed by atoms with van der Waals surface area (Å²) < 4.78 is 5.32. The molecule has 2 aromatic rings. The minimum Gasteiger partial charge on any atom is -0.497 e. The average Bonchev–Trinajstić information content (AvgIpc) is 3.20. The van der Waals surface area contributed by atoms with E-state index in [9.17, 15) is 0 Å². The van der Waals surface area contributed by atoms with Crippen LogP contribution in [0.5, 0.6) is 5.75 Å². The largest absolute Gasteiger partial charge is 0.497 e. The summed E-state index contributed by atoms with van der Waals surface area (Å²) in [6.45, 7) is 7.79. The first kappa shape index (κ1) is 21.1. The molecule has 0 amide bonds. The zero-order valence-corrected chi connectivity index (χ0v) is 18.5. The lowest BCUT2D eigenvalue weighted by molar-refractivity contribution is 0.177. The third-order valence-corrected chi connectivity index (χ3v) is 6.40. The van der Waals surface area contributed by atoms with Crippen LogP contribution in [0.2, 0.25) is 0 Å². The summed E-state index contributed by atoms with van der Waals surface area (Å²) in [6, 6.07) is 12.2. The van der Waals surface area contributed by atoms with Crippen molar-refractivity contribution in [3.05, 3.63) is 46.7 Å². The Bertz CT molecular complexity index is 735. The summed E-state index contributed by atoms with van der Waals surface area (Å²) in [7, 11) is 1.68. The van der Waals surface area contributed by atoms with Crippen LogP contribution < -0.4 is 10.1 Å². The Morgan fingerprint density at radius 2 is 2.25 bits per heavy atom. The first-order chi connectivity index (χ1) is 13.6. The molecule has 1 aliphatic heterocycles. The van der Waals surface area contributed by atoms with Crippen LogP contribution in [0.15, 0.2) is 41.8 Å². The fourth-order valence-electron chi connectivity index (χ4n) is 3.72. The highest BCUT2D eigenvalue weighted by atomic mass is 32.1. The molecule has 0 bridgehead atoms. The van der Waals surface area contributed by atoms with Gasteiger partial charge in [-0.3, -0.25) is 0 Å². The number of nitrogens with zero attached hydrogens (tertiary/aromatic N) is 2. The van der Waals surface area contributed by atoms with E-state index in [0.717, 1.165) is 48.5 Å². The number of anilines is 1. The molecule has 1 atom stereocenters. The fourth-order valence-corrected chi connectivity index (χ4v) is 4.71. The Morgan fingerprint density at radius 1 is 1.36 bits per heavy atom. The molecular formula is C22H31N3OS2. The van der Waals surface area contributed by atoms with E-state index in [4.69, 9.17) is 17.0 Å². The van der Waals surface area contributed by atoms with Gasteiger partial charge in [0.1, 0.15) is 5.75 Å². The molecule has 0 unspecified atom stereocenters. The second kappa shape index (κ2) is 10.8. The zero-order valence-electron chi connectivity index (χ0n) is 16.9. The Balaban J connectivity index is 1.58. The molecule has 4 nitrogen and oxygen atoms in total. The first-order valence-corrected chi connectivity index (χ1v) is 11.4. The molecule has 6 heteroatoms. The molecule has 1 aliphatic rings. The first-order valence-electron chi connectivity index (χ1n) is 10.1. The molecule has 1 aromatic carbocycles. The van der Waals surface area contributed by atoms with Crippen molar-refractivity contribution in [3.8, 4) is 5.75 Å². The van der Waals surface area contributed by atoms with Gasteiger partial charge >= 0.3 is 0 Å². The number of hydrogen-bond acceptors (Lipinski definition) is 4. The molecule has 1 aromatic heterocycles. The van der Waals surface area contributed by atoms with Gasteiger partial charge in [0.2, 0.25) is 0 Å². The van der Waals surface area contributed by atoms with Crippen molar-refractivity contribution in [2.45, 2.75) is 32.7 Å².